The molecule has 0 aromatic heterocycles. The van der Waals surface area contributed by atoms with Crippen molar-refractivity contribution < 1.29 is 31.1 Å². The molecule has 0 aliphatic carbocycles. The lowest BCUT2D eigenvalue weighted by Gasteiger charge is -2.14. The third-order valence-corrected chi connectivity index (χ3v) is 3.88. The van der Waals surface area contributed by atoms with E-state index in [4.69, 9.17) is 0 Å². The van der Waals surface area contributed by atoms with Crippen LogP contribution in [-0.4, -0.2) is 5.91 Å². The Morgan fingerprint density at radius 2 is 1.27 bits per heavy atom. The number of hydrogen-bond donors (Lipinski definition) is 1. The van der Waals surface area contributed by atoms with E-state index in [1.807, 2.05) is 0 Å². The molecule has 0 atom stereocenters. The molecular formula is C18H23F6NO. The van der Waals surface area contributed by atoms with E-state index in [-0.39, 0.29) is 12.5 Å². The van der Waals surface area contributed by atoms with Gasteiger partial charge < -0.3 is 5.32 Å². The Balaban J connectivity index is 2.63. The van der Waals surface area contributed by atoms with Crippen molar-refractivity contribution >= 4 is 11.6 Å². The zero-order valence-corrected chi connectivity index (χ0v) is 14.6. The molecule has 0 saturated heterocycles. The van der Waals surface area contributed by atoms with Crippen LogP contribution in [0.1, 0.15) is 69.4 Å². The number of anilines is 1. The minimum atomic E-state index is -4.93. The monoisotopic (exact) mass is 383 g/mol. The average Bonchev–Trinajstić information content (AvgIpc) is 2.52. The number of rotatable bonds is 9. The lowest BCUT2D eigenvalue weighted by Crippen LogP contribution is -2.15. The van der Waals surface area contributed by atoms with Crippen LogP contribution in [0.5, 0.6) is 0 Å². The summed E-state index contributed by atoms with van der Waals surface area (Å²) < 4.78 is 76.6. The zero-order chi connectivity index (χ0) is 19.8. The molecule has 0 fully saturated rings. The second kappa shape index (κ2) is 9.83. The summed E-state index contributed by atoms with van der Waals surface area (Å²) in [5.41, 5.74) is -3.39. The van der Waals surface area contributed by atoms with Gasteiger partial charge in [-0.15, -0.1) is 0 Å². The molecule has 8 heteroatoms. The van der Waals surface area contributed by atoms with Crippen LogP contribution in [0.4, 0.5) is 32.0 Å². The second-order valence-corrected chi connectivity index (χ2v) is 6.21. The van der Waals surface area contributed by atoms with Crippen molar-refractivity contribution in [2.75, 3.05) is 5.32 Å². The molecule has 1 amide bonds. The van der Waals surface area contributed by atoms with Crippen LogP contribution < -0.4 is 5.32 Å². The molecule has 0 heterocycles. The molecule has 0 spiro atoms. The average molecular weight is 383 g/mol. The maximum atomic E-state index is 12.8. The number of unbranched alkanes of at least 4 members (excludes halogenated alkanes) is 6. The Bertz CT molecular complexity index is 548. The molecule has 0 aliphatic heterocycles. The molecule has 1 aromatic rings. The summed E-state index contributed by atoms with van der Waals surface area (Å²) in [5.74, 6) is -0.592. The highest BCUT2D eigenvalue weighted by Crippen LogP contribution is 2.37. The summed E-state index contributed by atoms with van der Waals surface area (Å²) in [5, 5.41) is 2.14. The fourth-order valence-corrected chi connectivity index (χ4v) is 2.49. The van der Waals surface area contributed by atoms with Gasteiger partial charge in [-0.05, 0) is 24.6 Å². The first-order valence-electron chi connectivity index (χ1n) is 8.63. The standard InChI is InChI=1S/C18H23F6NO/c1-2-3-4-5-6-7-8-9-16(26)25-15-11-13(17(19,20)21)10-14(12-15)18(22,23)24/h10-12H,2-9H2,1H3,(H,25,26). The maximum Gasteiger partial charge on any atom is 0.416 e. The minimum Gasteiger partial charge on any atom is -0.326 e. The highest BCUT2D eigenvalue weighted by atomic mass is 19.4. The van der Waals surface area contributed by atoms with E-state index >= 15 is 0 Å². The van der Waals surface area contributed by atoms with Crippen LogP contribution in [0.2, 0.25) is 0 Å². The number of benzene rings is 1. The van der Waals surface area contributed by atoms with Gasteiger partial charge in [-0.25, -0.2) is 0 Å². The summed E-state index contributed by atoms with van der Waals surface area (Å²) in [6.45, 7) is 2.10. The summed E-state index contributed by atoms with van der Waals surface area (Å²) in [6, 6.07) is 1.06. The van der Waals surface area contributed by atoms with Crippen LogP contribution in [0, 0.1) is 0 Å². The zero-order valence-electron chi connectivity index (χ0n) is 14.6. The molecule has 0 bridgehead atoms. The van der Waals surface area contributed by atoms with Crippen LogP contribution in [0.25, 0.3) is 0 Å². The quantitative estimate of drug-likeness (QED) is 0.369. The number of halogens is 6. The van der Waals surface area contributed by atoms with Crippen molar-refractivity contribution in [1.29, 1.82) is 0 Å². The Hall–Kier alpha value is -1.73. The van der Waals surface area contributed by atoms with Crippen molar-refractivity contribution in [1.82, 2.24) is 0 Å². The molecule has 0 radical (unpaired) electrons. The Kier molecular flexibility index (Phi) is 8.43. The van der Waals surface area contributed by atoms with Gasteiger partial charge in [0, 0.05) is 12.1 Å². The first-order chi connectivity index (χ1) is 12.0. The summed E-state index contributed by atoms with van der Waals surface area (Å²) in [7, 11) is 0. The Morgan fingerprint density at radius 1 is 0.808 bits per heavy atom. The highest BCUT2D eigenvalue weighted by Gasteiger charge is 2.37. The molecule has 0 unspecified atom stereocenters. The fourth-order valence-electron chi connectivity index (χ4n) is 2.49. The molecule has 0 aliphatic rings. The predicted molar refractivity (Wildman–Crippen MR) is 87.7 cm³/mol. The van der Waals surface area contributed by atoms with Crippen molar-refractivity contribution in [3.05, 3.63) is 29.3 Å². The van der Waals surface area contributed by atoms with Gasteiger partial charge in [0.15, 0.2) is 0 Å². The maximum absolute atomic E-state index is 12.8. The van der Waals surface area contributed by atoms with Crippen molar-refractivity contribution in [3.8, 4) is 0 Å². The number of alkyl halides is 6. The lowest BCUT2D eigenvalue weighted by molar-refractivity contribution is -0.143. The Labute approximate surface area is 149 Å². The molecule has 2 nitrogen and oxygen atoms in total. The molecule has 148 valence electrons. The number of carbonyl (C=O) groups is 1. The lowest BCUT2D eigenvalue weighted by atomic mass is 10.1. The minimum absolute atomic E-state index is 0.0337. The van der Waals surface area contributed by atoms with E-state index in [9.17, 15) is 31.1 Å². The van der Waals surface area contributed by atoms with Crippen molar-refractivity contribution in [2.24, 2.45) is 0 Å². The number of carbonyl (C=O) groups excluding carboxylic acids is 1. The molecule has 26 heavy (non-hydrogen) atoms. The smallest absolute Gasteiger partial charge is 0.326 e. The van der Waals surface area contributed by atoms with E-state index in [0.717, 1.165) is 38.5 Å². The third kappa shape index (κ3) is 8.10. The van der Waals surface area contributed by atoms with Gasteiger partial charge in [0.1, 0.15) is 0 Å². The van der Waals surface area contributed by atoms with Crippen molar-refractivity contribution in [2.45, 2.75) is 70.6 Å². The van der Waals surface area contributed by atoms with Gasteiger partial charge in [-0.2, -0.15) is 26.3 Å². The number of amides is 1. The Morgan fingerprint density at radius 3 is 1.73 bits per heavy atom. The first-order valence-corrected chi connectivity index (χ1v) is 8.63. The fraction of sp³-hybridized carbons (Fsp3) is 0.611. The van der Waals surface area contributed by atoms with Gasteiger partial charge in [-0.3, -0.25) is 4.79 Å². The van der Waals surface area contributed by atoms with E-state index < -0.39 is 35.1 Å². The van der Waals surface area contributed by atoms with Gasteiger partial charge in [0.2, 0.25) is 5.91 Å². The largest absolute Gasteiger partial charge is 0.416 e. The van der Waals surface area contributed by atoms with E-state index in [1.54, 1.807) is 0 Å². The molecular weight excluding hydrogens is 360 g/mol. The summed E-state index contributed by atoms with van der Waals surface area (Å²) in [4.78, 5) is 11.8. The molecule has 1 aromatic carbocycles. The van der Waals surface area contributed by atoms with Crippen molar-refractivity contribution in [3.63, 3.8) is 0 Å². The number of nitrogens with one attached hydrogen (secondary N) is 1. The third-order valence-electron chi connectivity index (χ3n) is 3.88. The summed E-state index contributed by atoms with van der Waals surface area (Å²) >= 11 is 0. The highest BCUT2D eigenvalue weighted by molar-refractivity contribution is 5.90. The summed E-state index contributed by atoms with van der Waals surface area (Å²) in [6.07, 6.45) is -3.06. The molecule has 1 rings (SSSR count). The number of hydrogen-bond acceptors (Lipinski definition) is 1. The van der Waals surface area contributed by atoms with Gasteiger partial charge >= 0.3 is 12.4 Å². The van der Waals surface area contributed by atoms with E-state index in [0.29, 0.717) is 18.6 Å². The van der Waals surface area contributed by atoms with Crippen LogP contribution in [0.3, 0.4) is 0 Å². The van der Waals surface area contributed by atoms with E-state index in [1.165, 1.54) is 0 Å². The van der Waals surface area contributed by atoms with Gasteiger partial charge in [0.05, 0.1) is 11.1 Å². The van der Waals surface area contributed by atoms with Gasteiger partial charge in [-0.1, -0.05) is 45.4 Å². The predicted octanol–water partition coefficient (Wildman–Crippen LogP) is 6.80. The van der Waals surface area contributed by atoms with Crippen LogP contribution in [-0.2, 0) is 17.1 Å². The normalized spacial score (nSPS) is 12.3. The first kappa shape index (κ1) is 22.3. The van der Waals surface area contributed by atoms with Crippen LogP contribution >= 0.6 is 0 Å². The van der Waals surface area contributed by atoms with E-state index in [2.05, 4.69) is 12.2 Å². The molecule has 0 saturated carbocycles. The van der Waals surface area contributed by atoms with Crippen LogP contribution in [0.15, 0.2) is 18.2 Å². The topological polar surface area (TPSA) is 29.1 Å². The molecule has 1 N–H and O–H groups in total. The van der Waals surface area contributed by atoms with Gasteiger partial charge in [0.25, 0.3) is 0 Å². The second-order valence-electron chi connectivity index (χ2n) is 6.21. The SMILES string of the molecule is CCCCCCCCCC(=O)Nc1cc(C(F)(F)F)cc(C(F)(F)F)c1.